The third-order valence-electron chi connectivity index (χ3n) is 3.12. The number of nitrogens with zero attached hydrogens (tertiary/aromatic N) is 1. The minimum absolute atomic E-state index is 0.162. The Balaban J connectivity index is 1.80. The van der Waals surface area contributed by atoms with E-state index in [2.05, 4.69) is 10.3 Å². The average Bonchev–Trinajstić information content (AvgIpc) is 2.87. The van der Waals surface area contributed by atoms with Crippen LogP contribution in [0.25, 0.3) is 6.08 Å². The summed E-state index contributed by atoms with van der Waals surface area (Å²) in [6.45, 7) is 0. The first-order valence-electron chi connectivity index (χ1n) is 6.87. The topological polar surface area (TPSA) is 70.9 Å². The van der Waals surface area contributed by atoms with Crippen molar-refractivity contribution >= 4 is 34.6 Å². The zero-order chi connectivity index (χ0) is 16.2. The van der Waals surface area contributed by atoms with Crippen LogP contribution in [-0.2, 0) is 4.79 Å². The molecule has 2 N–H and O–H groups in total. The molecule has 0 atom stereocenters. The molecule has 0 bridgehead atoms. The first-order valence-corrected chi connectivity index (χ1v) is 7.68. The molecule has 0 radical (unpaired) electrons. The molecule has 6 heteroatoms. The van der Waals surface area contributed by atoms with Crippen LogP contribution in [-0.4, -0.2) is 23.3 Å². The van der Waals surface area contributed by atoms with Gasteiger partial charge in [0.15, 0.2) is 5.17 Å². The average molecular weight is 326 g/mol. The van der Waals surface area contributed by atoms with Crippen molar-refractivity contribution in [3.63, 3.8) is 0 Å². The fourth-order valence-corrected chi connectivity index (χ4v) is 2.86. The number of nitrogens with one attached hydrogen (secondary N) is 1. The van der Waals surface area contributed by atoms with Gasteiger partial charge in [-0.3, -0.25) is 4.79 Å². The zero-order valence-electron chi connectivity index (χ0n) is 12.3. The number of amidine groups is 1. The van der Waals surface area contributed by atoms with Crippen LogP contribution < -0.4 is 10.1 Å². The molecule has 2 aromatic carbocycles. The lowest BCUT2D eigenvalue weighted by Gasteiger charge is -1.99. The van der Waals surface area contributed by atoms with Crippen LogP contribution >= 0.6 is 11.8 Å². The van der Waals surface area contributed by atoms with Crippen molar-refractivity contribution in [3.05, 3.63) is 59.0 Å². The van der Waals surface area contributed by atoms with Crippen LogP contribution in [0.1, 0.15) is 5.56 Å². The maximum Gasteiger partial charge on any atom is 0.264 e. The molecule has 2 aromatic rings. The molecule has 0 aliphatic carbocycles. The Kier molecular flexibility index (Phi) is 4.34. The molecular weight excluding hydrogens is 312 g/mol. The number of hydrogen-bond acceptors (Lipinski definition) is 5. The highest BCUT2D eigenvalue weighted by Crippen LogP contribution is 2.29. The quantitative estimate of drug-likeness (QED) is 0.849. The van der Waals surface area contributed by atoms with Crippen molar-refractivity contribution in [1.82, 2.24) is 5.32 Å². The number of ether oxygens (including phenoxy) is 1. The highest BCUT2D eigenvalue weighted by Gasteiger charge is 2.23. The number of methoxy groups -OCH3 is 1. The minimum Gasteiger partial charge on any atom is -0.508 e. The highest BCUT2D eigenvalue weighted by atomic mass is 32.2. The first-order chi connectivity index (χ1) is 11.1. The lowest BCUT2D eigenvalue weighted by Crippen LogP contribution is -2.19. The summed E-state index contributed by atoms with van der Waals surface area (Å²) in [5.41, 5.74) is 1.49. The predicted octanol–water partition coefficient (Wildman–Crippen LogP) is 3.29. The third-order valence-corrected chi connectivity index (χ3v) is 4.03. The first kappa shape index (κ1) is 15.2. The molecule has 5 nitrogen and oxygen atoms in total. The van der Waals surface area contributed by atoms with Crippen LogP contribution in [0, 0.1) is 0 Å². The number of phenols is 1. The maximum absolute atomic E-state index is 12.0. The Labute approximate surface area is 137 Å². The number of hydrogen-bond donors (Lipinski definition) is 2. The van der Waals surface area contributed by atoms with Crippen LogP contribution in [0.3, 0.4) is 0 Å². The van der Waals surface area contributed by atoms with Crippen molar-refractivity contribution < 1.29 is 14.6 Å². The van der Waals surface area contributed by atoms with E-state index in [1.807, 2.05) is 30.3 Å². The van der Waals surface area contributed by atoms with E-state index in [-0.39, 0.29) is 11.7 Å². The summed E-state index contributed by atoms with van der Waals surface area (Å²) in [4.78, 5) is 16.9. The number of phenolic OH excluding ortho intramolecular Hbond substituents is 1. The van der Waals surface area contributed by atoms with Gasteiger partial charge in [0.25, 0.3) is 5.91 Å². The number of amides is 1. The molecule has 0 spiro atoms. The van der Waals surface area contributed by atoms with E-state index < -0.39 is 0 Å². The molecule has 1 aliphatic heterocycles. The second kappa shape index (κ2) is 6.58. The molecule has 1 aliphatic rings. The summed E-state index contributed by atoms with van der Waals surface area (Å²) >= 11 is 1.26. The molecule has 1 saturated heterocycles. The summed E-state index contributed by atoms with van der Waals surface area (Å²) in [5, 5.41) is 12.7. The highest BCUT2D eigenvalue weighted by molar-refractivity contribution is 8.18. The molecule has 0 unspecified atom stereocenters. The molecule has 1 heterocycles. The second-order valence-electron chi connectivity index (χ2n) is 4.77. The Bertz CT molecular complexity index is 798. The number of aromatic hydroxyl groups is 1. The molecule has 0 saturated carbocycles. The predicted molar refractivity (Wildman–Crippen MR) is 91.9 cm³/mol. The summed E-state index contributed by atoms with van der Waals surface area (Å²) in [7, 11) is 1.60. The minimum atomic E-state index is -0.203. The van der Waals surface area contributed by atoms with Crippen molar-refractivity contribution in [2.45, 2.75) is 0 Å². The molecular formula is C17H14N2O3S. The third kappa shape index (κ3) is 3.73. The van der Waals surface area contributed by atoms with Crippen molar-refractivity contribution in [2.75, 3.05) is 7.11 Å². The maximum atomic E-state index is 12.0. The fraction of sp³-hybridized carbons (Fsp3) is 0.0588. The van der Waals surface area contributed by atoms with E-state index >= 15 is 0 Å². The summed E-state index contributed by atoms with van der Waals surface area (Å²) in [5.74, 6) is 0.710. The number of thioether (sulfide) groups is 1. The van der Waals surface area contributed by atoms with Crippen molar-refractivity contribution in [3.8, 4) is 11.5 Å². The van der Waals surface area contributed by atoms with E-state index in [1.54, 1.807) is 31.4 Å². The molecule has 1 fully saturated rings. The number of aliphatic imine (C=N–C) groups is 1. The Morgan fingerprint density at radius 1 is 1.22 bits per heavy atom. The Morgan fingerprint density at radius 2 is 2.00 bits per heavy atom. The summed E-state index contributed by atoms with van der Waals surface area (Å²) in [6, 6.07) is 14.0. The number of rotatable bonds is 3. The summed E-state index contributed by atoms with van der Waals surface area (Å²) in [6.07, 6.45) is 1.72. The molecule has 3 rings (SSSR count). The SMILES string of the molecule is COc1ccc(N=C2NC(=O)C(=Cc3cccc(O)c3)S2)cc1. The van der Waals surface area contributed by atoms with E-state index in [0.717, 1.165) is 17.0 Å². The van der Waals surface area contributed by atoms with Crippen LogP contribution in [0.5, 0.6) is 11.5 Å². The van der Waals surface area contributed by atoms with Gasteiger partial charge in [0, 0.05) is 0 Å². The summed E-state index contributed by atoms with van der Waals surface area (Å²) < 4.78 is 5.10. The van der Waals surface area contributed by atoms with E-state index in [0.29, 0.717) is 10.1 Å². The van der Waals surface area contributed by atoms with Crippen LogP contribution in [0.15, 0.2) is 58.4 Å². The van der Waals surface area contributed by atoms with Gasteiger partial charge in [-0.2, -0.15) is 0 Å². The molecule has 1 amide bonds. The normalized spacial score (nSPS) is 17.5. The molecule has 23 heavy (non-hydrogen) atoms. The van der Waals surface area contributed by atoms with Crippen molar-refractivity contribution in [2.24, 2.45) is 4.99 Å². The van der Waals surface area contributed by atoms with Gasteiger partial charge in [-0.25, -0.2) is 4.99 Å². The Morgan fingerprint density at radius 3 is 2.70 bits per heavy atom. The van der Waals surface area contributed by atoms with Gasteiger partial charge in [-0.1, -0.05) is 12.1 Å². The monoisotopic (exact) mass is 326 g/mol. The molecule has 116 valence electrons. The van der Waals surface area contributed by atoms with Gasteiger partial charge < -0.3 is 15.2 Å². The van der Waals surface area contributed by atoms with Gasteiger partial charge in [-0.15, -0.1) is 0 Å². The Hall–Kier alpha value is -2.73. The fourth-order valence-electron chi connectivity index (χ4n) is 2.02. The lowest BCUT2D eigenvalue weighted by molar-refractivity contribution is -0.115. The number of carbonyl (C=O) groups is 1. The lowest BCUT2D eigenvalue weighted by atomic mass is 10.2. The van der Waals surface area contributed by atoms with Gasteiger partial charge in [-0.05, 0) is 59.8 Å². The smallest absolute Gasteiger partial charge is 0.264 e. The van der Waals surface area contributed by atoms with E-state index in [9.17, 15) is 9.90 Å². The van der Waals surface area contributed by atoms with Gasteiger partial charge >= 0.3 is 0 Å². The molecule has 0 aromatic heterocycles. The zero-order valence-corrected chi connectivity index (χ0v) is 13.1. The van der Waals surface area contributed by atoms with Gasteiger partial charge in [0.2, 0.25) is 0 Å². The van der Waals surface area contributed by atoms with Gasteiger partial charge in [0.05, 0.1) is 17.7 Å². The van der Waals surface area contributed by atoms with E-state index in [1.165, 1.54) is 11.8 Å². The van der Waals surface area contributed by atoms with Crippen LogP contribution in [0.2, 0.25) is 0 Å². The largest absolute Gasteiger partial charge is 0.508 e. The second-order valence-corrected chi connectivity index (χ2v) is 5.81. The standard InChI is InChI=1S/C17H14N2O3S/c1-22-14-7-5-12(6-8-14)18-17-19-16(21)15(23-17)10-11-3-2-4-13(20)9-11/h2-10,20H,1H3,(H,18,19,21). The number of carbonyl (C=O) groups excluding carboxylic acids is 1. The van der Waals surface area contributed by atoms with E-state index in [4.69, 9.17) is 4.74 Å². The number of benzene rings is 2. The van der Waals surface area contributed by atoms with Gasteiger partial charge in [0.1, 0.15) is 11.5 Å². The van der Waals surface area contributed by atoms with Crippen LogP contribution in [0.4, 0.5) is 5.69 Å². The van der Waals surface area contributed by atoms with Crippen molar-refractivity contribution in [1.29, 1.82) is 0 Å².